The topological polar surface area (TPSA) is 35.8 Å². The summed E-state index contributed by atoms with van der Waals surface area (Å²) in [5.74, 6) is 0.687. The van der Waals surface area contributed by atoms with Crippen LogP contribution in [0.2, 0.25) is 0 Å². The fourth-order valence-corrected chi connectivity index (χ4v) is 1.73. The van der Waals surface area contributed by atoms with Gasteiger partial charge >= 0.3 is 0 Å². The van der Waals surface area contributed by atoms with Crippen LogP contribution >= 0.6 is 0 Å². The molecule has 0 aliphatic rings. The second-order valence-electron chi connectivity index (χ2n) is 4.37. The Kier molecular flexibility index (Phi) is 4.17. The molecule has 0 radical (unpaired) electrons. The first-order valence-electron chi connectivity index (χ1n) is 5.38. The van der Waals surface area contributed by atoms with E-state index in [1.54, 1.807) is 0 Å². The van der Waals surface area contributed by atoms with Crippen molar-refractivity contribution >= 4 is 5.69 Å². The first-order chi connectivity index (χ1) is 7.11. The SMILES string of the molecule is CC(C)C[C@@H](C)Nc1cccc(C#N)c1. The highest BCUT2D eigenvalue weighted by Crippen LogP contribution is 2.14. The smallest absolute Gasteiger partial charge is 0.0992 e. The van der Waals surface area contributed by atoms with Gasteiger partial charge in [-0.1, -0.05) is 19.9 Å². The van der Waals surface area contributed by atoms with Gasteiger partial charge in [0.15, 0.2) is 0 Å². The van der Waals surface area contributed by atoms with Gasteiger partial charge in [0.05, 0.1) is 11.6 Å². The summed E-state index contributed by atoms with van der Waals surface area (Å²) in [5.41, 5.74) is 1.74. The Balaban J connectivity index is 2.60. The minimum atomic E-state index is 0.443. The van der Waals surface area contributed by atoms with E-state index in [1.165, 1.54) is 0 Å². The highest BCUT2D eigenvalue weighted by molar-refractivity contribution is 5.49. The number of benzene rings is 1. The van der Waals surface area contributed by atoms with Gasteiger partial charge in [0.25, 0.3) is 0 Å². The largest absolute Gasteiger partial charge is 0.383 e. The summed E-state index contributed by atoms with van der Waals surface area (Å²) in [5, 5.41) is 12.2. The highest BCUT2D eigenvalue weighted by Gasteiger charge is 2.04. The lowest BCUT2D eigenvalue weighted by molar-refractivity contribution is 0.540. The van der Waals surface area contributed by atoms with E-state index in [0.717, 1.165) is 12.1 Å². The predicted molar refractivity (Wildman–Crippen MR) is 63.7 cm³/mol. The van der Waals surface area contributed by atoms with Crippen LogP contribution in [-0.4, -0.2) is 6.04 Å². The average molecular weight is 202 g/mol. The predicted octanol–water partition coefficient (Wildman–Crippen LogP) is 3.40. The molecule has 1 N–H and O–H groups in total. The molecule has 0 amide bonds. The van der Waals surface area contributed by atoms with Crippen molar-refractivity contribution < 1.29 is 0 Å². The zero-order valence-corrected chi connectivity index (χ0v) is 9.62. The Morgan fingerprint density at radius 1 is 1.33 bits per heavy atom. The molecule has 0 bridgehead atoms. The third kappa shape index (κ3) is 4.03. The van der Waals surface area contributed by atoms with Crippen LogP contribution in [0.5, 0.6) is 0 Å². The summed E-state index contributed by atoms with van der Waals surface area (Å²) in [6.07, 6.45) is 1.14. The first-order valence-corrected chi connectivity index (χ1v) is 5.38. The number of rotatable bonds is 4. The van der Waals surface area contributed by atoms with Gasteiger partial charge in [-0.05, 0) is 37.5 Å². The van der Waals surface area contributed by atoms with E-state index in [0.29, 0.717) is 17.5 Å². The van der Waals surface area contributed by atoms with Crippen LogP contribution in [0.3, 0.4) is 0 Å². The third-order valence-corrected chi connectivity index (χ3v) is 2.23. The molecule has 0 saturated heterocycles. The van der Waals surface area contributed by atoms with E-state index in [4.69, 9.17) is 5.26 Å². The Morgan fingerprint density at radius 2 is 2.07 bits per heavy atom. The monoisotopic (exact) mass is 202 g/mol. The molecule has 15 heavy (non-hydrogen) atoms. The van der Waals surface area contributed by atoms with Gasteiger partial charge in [-0.2, -0.15) is 5.26 Å². The Morgan fingerprint density at radius 3 is 2.67 bits per heavy atom. The summed E-state index contributed by atoms with van der Waals surface area (Å²) >= 11 is 0. The number of hydrogen-bond acceptors (Lipinski definition) is 2. The van der Waals surface area contributed by atoms with E-state index in [1.807, 2.05) is 24.3 Å². The molecule has 1 rings (SSSR count). The summed E-state index contributed by atoms with van der Waals surface area (Å²) in [6.45, 7) is 6.59. The Hall–Kier alpha value is -1.49. The van der Waals surface area contributed by atoms with Gasteiger partial charge < -0.3 is 5.32 Å². The van der Waals surface area contributed by atoms with Crippen molar-refractivity contribution in [2.75, 3.05) is 5.32 Å². The number of nitrogens with one attached hydrogen (secondary N) is 1. The summed E-state index contributed by atoms with van der Waals surface area (Å²) in [7, 11) is 0. The highest BCUT2D eigenvalue weighted by atomic mass is 14.9. The maximum absolute atomic E-state index is 8.76. The molecule has 80 valence electrons. The second kappa shape index (κ2) is 5.41. The Bertz CT molecular complexity index is 350. The summed E-state index contributed by atoms with van der Waals surface area (Å²) in [4.78, 5) is 0. The summed E-state index contributed by atoms with van der Waals surface area (Å²) in [6, 6.07) is 10.2. The van der Waals surface area contributed by atoms with Crippen LogP contribution < -0.4 is 5.32 Å². The van der Waals surface area contributed by atoms with Crippen molar-refractivity contribution in [3.63, 3.8) is 0 Å². The molecule has 0 aromatic heterocycles. The van der Waals surface area contributed by atoms with Crippen molar-refractivity contribution in [3.05, 3.63) is 29.8 Å². The molecule has 1 atom stereocenters. The molecular formula is C13H18N2. The molecule has 0 saturated carbocycles. The number of nitriles is 1. The van der Waals surface area contributed by atoms with E-state index in [2.05, 4.69) is 32.2 Å². The van der Waals surface area contributed by atoms with Crippen LogP contribution in [0.15, 0.2) is 24.3 Å². The molecule has 2 nitrogen and oxygen atoms in total. The van der Waals surface area contributed by atoms with Crippen molar-refractivity contribution in [1.29, 1.82) is 5.26 Å². The molecule has 0 fully saturated rings. The lowest BCUT2D eigenvalue weighted by Gasteiger charge is -2.17. The maximum Gasteiger partial charge on any atom is 0.0992 e. The van der Waals surface area contributed by atoms with Gasteiger partial charge in [-0.15, -0.1) is 0 Å². The van der Waals surface area contributed by atoms with E-state index in [9.17, 15) is 0 Å². The minimum absolute atomic E-state index is 0.443. The molecule has 0 spiro atoms. The van der Waals surface area contributed by atoms with E-state index >= 15 is 0 Å². The lowest BCUT2D eigenvalue weighted by atomic mass is 10.0. The first kappa shape index (κ1) is 11.6. The van der Waals surface area contributed by atoms with Gasteiger partial charge in [0.1, 0.15) is 0 Å². The average Bonchev–Trinajstić information content (AvgIpc) is 2.16. The normalized spacial score (nSPS) is 12.2. The Labute approximate surface area is 91.9 Å². The van der Waals surface area contributed by atoms with Crippen LogP contribution in [0.25, 0.3) is 0 Å². The van der Waals surface area contributed by atoms with E-state index in [-0.39, 0.29) is 0 Å². The maximum atomic E-state index is 8.76. The minimum Gasteiger partial charge on any atom is -0.383 e. The molecule has 1 aromatic rings. The van der Waals surface area contributed by atoms with Crippen LogP contribution in [0, 0.1) is 17.2 Å². The van der Waals surface area contributed by atoms with Crippen molar-refractivity contribution in [1.82, 2.24) is 0 Å². The quantitative estimate of drug-likeness (QED) is 0.812. The van der Waals surface area contributed by atoms with Crippen molar-refractivity contribution in [2.45, 2.75) is 33.2 Å². The van der Waals surface area contributed by atoms with Gasteiger partial charge in [-0.25, -0.2) is 0 Å². The van der Waals surface area contributed by atoms with Gasteiger partial charge in [-0.3, -0.25) is 0 Å². The van der Waals surface area contributed by atoms with Crippen molar-refractivity contribution in [3.8, 4) is 6.07 Å². The molecule has 0 aliphatic carbocycles. The van der Waals surface area contributed by atoms with E-state index < -0.39 is 0 Å². The zero-order chi connectivity index (χ0) is 11.3. The van der Waals surface area contributed by atoms with Gasteiger partial charge in [0.2, 0.25) is 0 Å². The number of hydrogen-bond donors (Lipinski definition) is 1. The third-order valence-electron chi connectivity index (χ3n) is 2.23. The summed E-state index contributed by atoms with van der Waals surface area (Å²) < 4.78 is 0. The molecule has 0 unspecified atom stereocenters. The molecule has 0 heterocycles. The molecule has 0 aliphatic heterocycles. The molecular weight excluding hydrogens is 184 g/mol. The second-order valence-corrected chi connectivity index (χ2v) is 4.37. The van der Waals surface area contributed by atoms with Gasteiger partial charge in [0, 0.05) is 11.7 Å². The van der Waals surface area contributed by atoms with Crippen molar-refractivity contribution in [2.24, 2.45) is 5.92 Å². The number of nitrogens with zero attached hydrogens (tertiary/aromatic N) is 1. The molecule has 1 aromatic carbocycles. The lowest BCUT2D eigenvalue weighted by Crippen LogP contribution is -2.17. The zero-order valence-electron chi connectivity index (χ0n) is 9.62. The number of anilines is 1. The fourth-order valence-electron chi connectivity index (χ4n) is 1.73. The fraction of sp³-hybridized carbons (Fsp3) is 0.462. The van der Waals surface area contributed by atoms with Crippen LogP contribution in [0.1, 0.15) is 32.8 Å². The van der Waals surface area contributed by atoms with Crippen LogP contribution in [0.4, 0.5) is 5.69 Å². The van der Waals surface area contributed by atoms with Crippen LogP contribution in [-0.2, 0) is 0 Å². The molecule has 2 heteroatoms. The standard InChI is InChI=1S/C13H18N2/c1-10(2)7-11(3)15-13-6-4-5-12(8-13)9-14/h4-6,8,10-11,15H,7H2,1-3H3/t11-/m1/s1.